The van der Waals surface area contributed by atoms with Gasteiger partial charge in [-0.05, 0) is 50.2 Å². The Hall–Kier alpha value is -2.53. The summed E-state index contributed by atoms with van der Waals surface area (Å²) in [7, 11) is -3.57. The van der Waals surface area contributed by atoms with Crippen LogP contribution in [-0.4, -0.2) is 61.3 Å². The quantitative estimate of drug-likeness (QED) is 0.566. The summed E-state index contributed by atoms with van der Waals surface area (Å²) < 4.78 is 32.5. The maximum absolute atomic E-state index is 12.9. The molecule has 2 aromatic heterocycles. The largest absolute Gasteiger partial charge is 0.462 e. The third-order valence-electron chi connectivity index (χ3n) is 5.13. The number of hydrogen-bond donors (Lipinski definition) is 1. The van der Waals surface area contributed by atoms with Gasteiger partial charge in [-0.2, -0.15) is 0 Å². The second-order valence-electron chi connectivity index (χ2n) is 7.99. The highest BCUT2D eigenvalue weighted by atomic mass is 32.2. The van der Waals surface area contributed by atoms with E-state index in [9.17, 15) is 13.2 Å². The monoisotopic (exact) mass is 474 g/mol. The third kappa shape index (κ3) is 5.26. The molecule has 1 N–H and O–H groups in total. The predicted molar refractivity (Wildman–Crippen MR) is 123 cm³/mol. The standard InChI is InChI=1S/C22H26N4O4S2/c1-16(2)24-32(28,29)19-7-5-17(6-8-19)22(27)26-11-9-25(10-12-26)14-18-15-31-21(23-18)20-4-3-13-30-20/h3-8,13,15-16,24H,9-12,14H2,1-2H3. The molecule has 0 spiro atoms. The Morgan fingerprint density at radius 3 is 2.50 bits per heavy atom. The second kappa shape index (κ2) is 9.53. The van der Waals surface area contributed by atoms with Gasteiger partial charge in [0.1, 0.15) is 0 Å². The molecular weight excluding hydrogens is 448 g/mol. The highest BCUT2D eigenvalue weighted by Gasteiger charge is 2.23. The van der Waals surface area contributed by atoms with Crippen LogP contribution in [0.15, 0.2) is 57.4 Å². The molecule has 1 aliphatic heterocycles. The van der Waals surface area contributed by atoms with Crippen LogP contribution in [0.5, 0.6) is 0 Å². The van der Waals surface area contributed by atoms with Crippen LogP contribution in [0.4, 0.5) is 0 Å². The summed E-state index contributed by atoms with van der Waals surface area (Å²) in [6, 6.07) is 9.67. The first-order valence-electron chi connectivity index (χ1n) is 10.4. The minimum absolute atomic E-state index is 0.0841. The van der Waals surface area contributed by atoms with E-state index in [2.05, 4.69) is 14.6 Å². The summed E-state index contributed by atoms with van der Waals surface area (Å²) in [5.74, 6) is 0.689. The Morgan fingerprint density at radius 2 is 1.88 bits per heavy atom. The minimum atomic E-state index is -3.57. The van der Waals surface area contributed by atoms with Gasteiger partial charge in [-0.1, -0.05) is 0 Å². The molecule has 0 atom stereocenters. The average Bonchev–Trinajstić information content (AvgIpc) is 3.45. The van der Waals surface area contributed by atoms with E-state index in [0.717, 1.165) is 36.1 Å². The molecule has 3 aromatic rings. The zero-order chi connectivity index (χ0) is 22.7. The molecule has 1 fully saturated rings. The number of thiazole rings is 1. The molecule has 0 unspecified atom stereocenters. The molecule has 0 saturated carbocycles. The number of nitrogens with zero attached hydrogens (tertiary/aromatic N) is 3. The second-order valence-corrected chi connectivity index (χ2v) is 10.6. The van der Waals surface area contributed by atoms with Gasteiger partial charge < -0.3 is 9.32 Å². The number of nitrogens with one attached hydrogen (secondary N) is 1. The molecule has 0 bridgehead atoms. The van der Waals surface area contributed by atoms with Gasteiger partial charge in [0.2, 0.25) is 10.0 Å². The molecule has 1 aliphatic rings. The van der Waals surface area contributed by atoms with E-state index < -0.39 is 10.0 Å². The summed E-state index contributed by atoms with van der Waals surface area (Å²) in [5.41, 5.74) is 1.48. The molecule has 3 heterocycles. The molecule has 170 valence electrons. The summed E-state index contributed by atoms with van der Waals surface area (Å²) in [4.78, 5) is 21.7. The van der Waals surface area contributed by atoms with Crippen molar-refractivity contribution < 1.29 is 17.6 Å². The van der Waals surface area contributed by atoms with E-state index >= 15 is 0 Å². The number of sulfonamides is 1. The van der Waals surface area contributed by atoms with Crippen molar-refractivity contribution in [2.24, 2.45) is 0 Å². The number of carbonyl (C=O) groups excluding carboxylic acids is 1. The number of hydrogen-bond acceptors (Lipinski definition) is 7. The van der Waals surface area contributed by atoms with Crippen LogP contribution in [0, 0.1) is 0 Å². The Balaban J connectivity index is 1.32. The first kappa shape index (κ1) is 22.7. The number of carbonyl (C=O) groups is 1. The zero-order valence-electron chi connectivity index (χ0n) is 18.0. The first-order chi connectivity index (χ1) is 15.3. The maximum atomic E-state index is 12.9. The fourth-order valence-corrected chi connectivity index (χ4v) is 5.60. The number of rotatable bonds is 7. The van der Waals surface area contributed by atoms with Gasteiger partial charge in [0.05, 0.1) is 16.9 Å². The van der Waals surface area contributed by atoms with Gasteiger partial charge in [-0.15, -0.1) is 11.3 Å². The van der Waals surface area contributed by atoms with Crippen LogP contribution < -0.4 is 4.72 Å². The average molecular weight is 475 g/mol. The van der Waals surface area contributed by atoms with Crippen molar-refractivity contribution >= 4 is 27.3 Å². The van der Waals surface area contributed by atoms with E-state index in [1.165, 1.54) is 12.1 Å². The number of furan rings is 1. The van der Waals surface area contributed by atoms with E-state index in [1.54, 1.807) is 43.6 Å². The van der Waals surface area contributed by atoms with Crippen LogP contribution in [0.2, 0.25) is 0 Å². The van der Waals surface area contributed by atoms with Crippen molar-refractivity contribution in [3.8, 4) is 10.8 Å². The van der Waals surface area contributed by atoms with Gasteiger partial charge in [0.15, 0.2) is 10.8 Å². The highest BCUT2D eigenvalue weighted by Crippen LogP contribution is 2.24. The van der Waals surface area contributed by atoms with Gasteiger partial charge >= 0.3 is 0 Å². The molecule has 10 heteroatoms. The van der Waals surface area contributed by atoms with E-state index in [1.807, 2.05) is 22.4 Å². The minimum Gasteiger partial charge on any atom is -0.462 e. The molecule has 1 amide bonds. The van der Waals surface area contributed by atoms with Crippen molar-refractivity contribution in [1.82, 2.24) is 19.5 Å². The van der Waals surface area contributed by atoms with Crippen LogP contribution in [-0.2, 0) is 16.6 Å². The lowest BCUT2D eigenvalue weighted by molar-refractivity contribution is 0.0627. The van der Waals surface area contributed by atoms with Crippen LogP contribution in [0.25, 0.3) is 10.8 Å². The Bertz CT molecular complexity index is 1150. The van der Waals surface area contributed by atoms with Crippen LogP contribution in [0.1, 0.15) is 29.9 Å². The van der Waals surface area contributed by atoms with Gasteiger partial charge in [-0.25, -0.2) is 18.1 Å². The lowest BCUT2D eigenvalue weighted by Crippen LogP contribution is -2.48. The molecule has 32 heavy (non-hydrogen) atoms. The van der Waals surface area contributed by atoms with E-state index in [0.29, 0.717) is 18.7 Å². The molecule has 8 nitrogen and oxygen atoms in total. The van der Waals surface area contributed by atoms with E-state index in [4.69, 9.17) is 4.42 Å². The lowest BCUT2D eigenvalue weighted by atomic mass is 10.2. The molecule has 1 saturated heterocycles. The van der Waals surface area contributed by atoms with Gasteiger partial charge in [-0.3, -0.25) is 9.69 Å². The Labute approximate surface area is 191 Å². The van der Waals surface area contributed by atoms with Crippen LogP contribution >= 0.6 is 11.3 Å². The van der Waals surface area contributed by atoms with Crippen molar-refractivity contribution in [3.63, 3.8) is 0 Å². The molecule has 0 aliphatic carbocycles. The van der Waals surface area contributed by atoms with Crippen molar-refractivity contribution in [3.05, 3.63) is 59.3 Å². The van der Waals surface area contributed by atoms with Crippen molar-refractivity contribution in [2.75, 3.05) is 26.2 Å². The van der Waals surface area contributed by atoms with Crippen LogP contribution in [0.3, 0.4) is 0 Å². The topological polar surface area (TPSA) is 95.8 Å². The fourth-order valence-electron chi connectivity index (χ4n) is 3.57. The summed E-state index contributed by atoms with van der Waals surface area (Å²) in [6.45, 7) is 7.00. The van der Waals surface area contributed by atoms with E-state index in [-0.39, 0.29) is 16.8 Å². The van der Waals surface area contributed by atoms with Gasteiger partial charge in [0.25, 0.3) is 5.91 Å². The molecule has 4 rings (SSSR count). The lowest BCUT2D eigenvalue weighted by Gasteiger charge is -2.34. The highest BCUT2D eigenvalue weighted by molar-refractivity contribution is 7.89. The summed E-state index contributed by atoms with van der Waals surface area (Å²) in [6.07, 6.45) is 1.64. The van der Waals surface area contributed by atoms with Crippen molar-refractivity contribution in [2.45, 2.75) is 31.3 Å². The smallest absolute Gasteiger partial charge is 0.253 e. The molecule has 0 radical (unpaired) electrons. The fraction of sp³-hybridized carbons (Fsp3) is 0.364. The Kier molecular flexibility index (Phi) is 6.75. The number of piperazine rings is 1. The zero-order valence-corrected chi connectivity index (χ0v) is 19.7. The predicted octanol–water partition coefficient (Wildman–Crippen LogP) is 3.05. The summed E-state index contributed by atoms with van der Waals surface area (Å²) in [5, 5.41) is 2.91. The number of amides is 1. The SMILES string of the molecule is CC(C)NS(=O)(=O)c1ccc(C(=O)N2CCN(Cc3csc(-c4ccco4)n3)CC2)cc1. The van der Waals surface area contributed by atoms with Gasteiger partial charge in [0, 0.05) is 49.7 Å². The normalized spacial score (nSPS) is 15.4. The Morgan fingerprint density at radius 1 is 1.16 bits per heavy atom. The third-order valence-corrected chi connectivity index (χ3v) is 7.71. The van der Waals surface area contributed by atoms with Crippen molar-refractivity contribution in [1.29, 1.82) is 0 Å². The summed E-state index contributed by atoms with van der Waals surface area (Å²) >= 11 is 1.56. The molecular formula is C22H26N4O4S2. The first-order valence-corrected chi connectivity index (χ1v) is 12.8. The number of benzene rings is 1. The molecule has 1 aromatic carbocycles. The maximum Gasteiger partial charge on any atom is 0.253 e. The number of aromatic nitrogens is 1.